The van der Waals surface area contributed by atoms with Crippen LogP contribution in [0.25, 0.3) is 0 Å². The second kappa shape index (κ2) is 8.64. The zero-order chi connectivity index (χ0) is 16.8. The van der Waals surface area contributed by atoms with Gasteiger partial charge in [0.05, 0.1) is 11.1 Å². The van der Waals surface area contributed by atoms with Crippen molar-refractivity contribution in [1.82, 2.24) is 5.32 Å². The third-order valence-corrected chi connectivity index (χ3v) is 4.06. The maximum Gasteiger partial charge on any atom is 0.131 e. The average Bonchev–Trinajstić information content (AvgIpc) is 2.48. The number of aliphatic hydroxyl groups excluding tert-OH is 1. The van der Waals surface area contributed by atoms with Gasteiger partial charge in [-0.3, -0.25) is 0 Å². The van der Waals surface area contributed by atoms with Crippen LogP contribution in [-0.2, 0) is 13.2 Å². The molecule has 0 aliphatic carbocycles. The Labute approximate surface area is 148 Å². The van der Waals surface area contributed by atoms with Crippen LogP contribution in [0.2, 0.25) is 5.02 Å². The summed E-state index contributed by atoms with van der Waals surface area (Å²) in [5.41, 5.74) is 1.24. The first-order chi connectivity index (χ1) is 11.0. The SMILES string of the molecule is C[C@@H](O)CNCc1cc(Br)ccc1OCc1c(F)cccc1Cl. The van der Waals surface area contributed by atoms with E-state index in [0.29, 0.717) is 29.4 Å². The molecule has 2 aromatic rings. The van der Waals surface area contributed by atoms with Gasteiger partial charge in [0.15, 0.2) is 0 Å². The zero-order valence-corrected chi connectivity index (χ0v) is 15.0. The second-order valence-electron chi connectivity index (χ2n) is 5.22. The van der Waals surface area contributed by atoms with E-state index in [9.17, 15) is 9.50 Å². The van der Waals surface area contributed by atoms with Gasteiger partial charge >= 0.3 is 0 Å². The van der Waals surface area contributed by atoms with Gasteiger partial charge in [0.25, 0.3) is 0 Å². The molecule has 0 radical (unpaired) electrons. The van der Waals surface area contributed by atoms with E-state index in [1.54, 1.807) is 19.1 Å². The Hall–Kier alpha value is -1.14. The summed E-state index contributed by atoms with van der Waals surface area (Å²) in [4.78, 5) is 0. The monoisotopic (exact) mass is 401 g/mol. The molecule has 0 heterocycles. The molecule has 0 fully saturated rings. The lowest BCUT2D eigenvalue weighted by Gasteiger charge is -2.14. The van der Waals surface area contributed by atoms with Crippen LogP contribution in [0, 0.1) is 5.82 Å². The maximum absolute atomic E-state index is 13.8. The van der Waals surface area contributed by atoms with Crippen LogP contribution in [0.1, 0.15) is 18.1 Å². The molecule has 2 aromatic carbocycles. The van der Waals surface area contributed by atoms with Crippen molar-refractivity contribution in [3.8, 4) is 5.75 Å². The van der Waals surface area contributed by atoms with Gasteiger partial charge in [-0.1, -0.05) is 33.6 Å². The van der Waals surface area contributed by atoms with Gasteiger partial charge in [0.1, 0.15) is 18.2 Å². The van der Waals surface area contributed by atoms with E-state index in [-0.39, 0.29) is 12.4 Å². The number of nitrogens with one attached hydrogen (secondary N) is 1. The largest absolute Gasteiger partial charge is 0.488 e. The average molecular weight is 403 g/mol. The number of ether oxygens (including phenoxy) is 1. The number of rotatable bonds is 7. The molecule has 124 valence electrons. The topological polar surface area (TPSA) is 41.5 Å². The molecule has 1 atom stereocenters. The molecule has 2 N–H and O–H groups in total. The zero-order valence-electron chi connectivity index (χ0n) is 12.7. The molecule has 0 amide bonds. The van der Waals surface area contributed by atoms with Crippen molar-refractivity contribution >= 4 is 27.5 Å². The molecule has 3 nitrogen and oxygen atoms in total. The van der Waals surface area contributed by atoms with Gasteiger partial charge in [-0.05, 0) is 37.3 Å². The Morgan fingerprint density at radius 2 is 2.13 bits per heavy atom. The van der Waals surface area contributed by atoms with Gasteiger partial charge in [-0.15, -0.1) is 0 Å². The Kier molecular flexibility index (Phi) is 6.84. The van der Waals surface area contributed by atoms with Crippen molar-refractivity contribution < 1.29 is 14.2 Å². The number of benzene rings is 2. The Morgan fingerprint density at radius 1 is 1.35 bits per heavy atom. The highest BCUT2D eigenvalue weighted by atomic mass is 79.9. The highest BCUT2D eigenvalue weighted by Crippen LogP contribution is 2.26. The van der Waals surface area contributed by atoms with Crippen LogP contribution in [0.4, 0.5) is 4.39 Å². The van der Waals surface area contributed by atoms with Gasteiger partial charge in [0.2, 0.25) is 0 Å². The smallest absolute Gasteiger partial charge is 0.131 e. The van der Waals surface area contributed by atoms with Crippen LogP contribution in [0.15, 0.2) is 40.9 Å². The molecular formula is C17H18BrClFNO2. The molecule has 0 aromatic heterocycles. The van der Waals surface area contributed by atoms with Crippen molar-refractivity contribution in [3.05, 3.63) is 62.8 Å². The highest BCUT2D eigenvalue weighted by Gasteiger charge is 2.10. The predicted molar refractivity (Wildman–Crippen MR) is 93.3 cm³/mol. The van der Waals surface area contributed by atoms with Crippen LogP contribution >= 0.6 is 27.5 Å². The van der Waals surface area contributed by atoms with Crippen molar-refractivity contribution in [2.45, 2.75) is 26.2 Å². The summed E-state index contributed by atoms with van der Waals surface area (Å²) in [6, 6.07) is 10.2. The van der Waals surface area contributed by atoms with E-state index in [1.165, 1.54) is 6.07 Å². The third kappa shape index (κ3) is 5.46. The number of aliphatic hydroxyl groups is 1. The predicted octanol–water partition coefficient (Wildman–Crippen LogP) is 4.29. The molecule has 0 bridgehead atoms. The van der Waals surface area contributed by atoms with Gasteiger partial charge in [0, 0.05) is 28.7 Å². The van der Waals surface area contributed by atoms with Crippen molar-refractivity contribution in [1.29, 1.82) is 0 Å². The third-order valence-electron chi connectivity index (χ3n) is 3.21. The Balaban J connectivity index is 2.10. The Morgan fingerprint density at radius 3 is 2.83 bits per heavy atom. The van der Waals surface area contributed by atoms with E-state index in [4.69, 9.17) is 16.3 Å². The normalized spacial score (nSPS) is 12.2. The molecule has 0 saturated carbocycles. The van der Waals surface area contributed by atoms with E-state index >= 15 is 0 Å². The minimum atomic E-state index is -0.427. The number of hydrogen-bond donors (Lipinski definition) is 2. The standard InChI is InChI=1S/C17H18BrClFNO2/c1-11(22)8-21-9-12-7-13(18)5-6-17(12)23-10-14-15(19)3-2-4-16(14)20/h2-7,11,21-22H,8-10H2,1H3/t11-/m1/s1. The molecule has 2 rings (SSSR count). The maximum atomic E-state index is 13.8. The fraction of sp³-hybridized carbons (Fsp3) is 0.294. The summed E-state index contributed by atoms with van der Waals surface area (Å²) < 4.78 is 20.5. The van der Waals surface area contributed by atoms with Gasteiger partial charge < -0.3 is 15.2 Å². The van der Waals surface area contributed by atoms with Crippen LogP contribution < -0.4 is 10.1 Å². The van der Waals surface area contributed by atoms with E-state index in [0.717, 1.165) is 10.0 Å². The highest BCUT2D eigenvalue weighted by molar-refractivity contribution is 9.10. The first-order valence-electron chi connectivity index (χ1n) is 7.20. The molecule has 0 unspecified atom stereocenters. The Bertz CT molecular complexity index is 647. The first kappa shape index (κ1) is 18.2. The number of halogens is 3. The summed E-state index contributed by atoms with van der Waals surface area (Å²) >= 11 is 9.43. The van der Waals surface area contributed by atoms with Crippen LogP contribution in [-0.4, -0.2) is 17.8 Å². The van der Waals surface area contributed by atoms with Crippen molar-refractivity contribution in [2.75, 3.05) is 6.54 Å². The molecule has 0 spiro atoms. The molecular weight excluding hydrogens is 385 g/mol. The lowest BCUT2D eigenvalue weighted by atomic mass is 10.2. The second-order valence-corrected chi connectivity index (χ2v) is 6.54. The fourth-order valence-corrected chi connectivity index (χ4v) is 2.69. The quantitative estimate of drug-likeness (QED) is 0.726. The summed E-state index contributed by atoms with van der Waals surface area (Å²) in [7, 11) is 0. The summed E-state index contributed by atoms with van der Waals surface area (Å²) in [6.07, 6.45) is -0.427. The van der Waals surface area contributed by atoms with Gasteiger partial charge in [-0.2, -0.15) is 0 Å². The first-order valence-corrected chi connectivity index (χ1v) is 8.37. The summed E-state index contributed by atoms with van der Waals surface area (Å²) in [5.74, 6) is 0.258. The lowest BCUT2D eigenvalue weighted by Crippen LogP contribution is -2.24. The molecule has 0 saturated heterocycles. The minimum Gasteiger partial charge on any atom is -0.488 e. The van der Waals surface area contributed by atoms with E-state index in [1.807, 2.05) is 18.2 Å². The molecule has 23 heavy (non-hydrogen) atoms. The number of hydrogen-bond acceptors (Lipinski definition) is 3. The van der Waals surface area contributed by atoms with Crippen molar-refractivity contribution in [3.63, 3.8) is 0 Å². The van der Waals surface area contributed by atoms with Crippen LogP contribution in [0.3, 0.4) is 0 Å². The fourth-order valence-electron chi connectivity index (χ4n) is 2.06. The summed E-state index contributed by atoms with van der Waals surface area (Å²) in [6.45, 7) is 2.78. The van der Waals surface area contributed by atoms with Crippen molar-refractivity contribution in [2.24, 2.45) is 0 Å². The molecule has 0 aliphatic rings. The molecule has 6 heteroatoms. The minimum absolute atomic E-state index is 0.0521. The van der Waals surface area contributed by atoms with Gasteiger partial charge in [-0.25, -0.2) is 4.39 Å². The lowest BCUT2D eigenvalue weighted by molar-refractivity contribution is 0.190. The summed E-state index contributed by atoms with van der Waals surface area (Å²) in [5, 5.41) is 12.8. The molecule has 0 aliphatic heterocycles. The van der Waals surface area contributed by atoms with E-state index in [2.05, 4.69) is 21.2 Å². The van der Waals surface area contributed by atoms with Crippen LogP contribution in [0.5, 0.6) is 5.75 Å². The van der Waals surface area contributed by atoms with E-state index < -0.39 is 6.10 Å².